The molecule has 2 aromatic carbocycles. The molecule has 9 nitrogen and oxygen atoms in total. The average molecular weight is 463 g/mol. The minimum Gasteiger partial charge on any atom is -0.482 e. The third-order valence-corrected chi connectivity index (χ3v) is 5.26. The van der Waals surface area contributed by atoms with Crippen molar-refractivity contribution in [2.45, 2.75) is 19.8 Å². The first-order valence-corrected chi connectivity index (χ1v) is 10.9. The predicted octanol–water partition coefficient (Wildman–Crippen LogP) is 3.28. The number of carbonyl (C=O) groups excluding carboxylic acids is 2. The average Bonchev–Trinajstić information content (AvgIpc) is 3.26. The van der Waals surface area contributed by atoms with Crippen LogP contribution in [0.1, 0.15) is 30.9 Å². The number of hydrogen-bond donors (Lipinski definition) is 2. The molecule has 3 aromatic rings. The number of hydrogen-bond acceptors (Lipinski definition) is 8. The Labute approximate surface area is 196 Å². The fraction of sp³-hybridized carbons (Fsp3) is 0.240. The van der Waals surface area contributed by atoms with Gasteiger partial charge in [0, 0.05) is 5.56 Å². The van der Waals surface area contributed by atoms with Crippen molar-refractivity contribution >= 4 is 11.9 Å². The Bertz CT molecular complexity index is 1220. The number of aromatic nitrogens is 2. The molecule has 1 aliphatic rings. The van der Waals surface area contributed by atoms with E-state index in [1.807, 2.05) is 36.4 Å². The Morgan fingerprint density at radius 2 is 1.74 bits per heavy atom. The van der Waals surface area contributed by atoms with E-state index in [0.29, 0.717) is 22.6 Å². The molecule has 0 bridgehead atoms. The molecule has 4 rings (SSSR count). The van der Waals surface area contributed by atoms with Crippen molar-refractivity contribution in [3.05, 3.63) is 77.2 Å². The summed E-state index contributed by atoms with van der Waals surface area (Å²) in [6.45, 7) is 3.55. The third kappa shape index (κ3) is 4.45. The molecule has 0 saturated carbocycles. The van der Waals surface area contributed by atoms with E-state index in [1.54, 1.807) is 32.0 Å². The van der Waals surface area contributed by atoms with Crippen LogP contribution in [-0.2, 0) is 19.1 Å². The summed E-state index contributed by atoms with van der Waals surface area (Å²) in [5.74, 6) is -1.31. The number of rotatable bonds is 8. The summed E-state index contributed by atoms with van der Waals surface area (Å²) in [5.41, 5.74) is 9.04. The van der Waals surface area contributed by atoms with Gasteiger partial charge >= 0.3 is 11.9 Å². The number of fused-ring (bicyclic) bond motifs is 1. The molecule has 9 heteroatoms. The number of carbonyl (C=O) groups is 2. The summed E-state index contributed by atoms with van der Waals surface area (Å²) < 4.78 is 21.8. The monoisotopic (exact) mass is 463 g/mol. The quantitative estimate of drug-likeness (QED) is 0.488. The van der Waals surface area contributed by atoms with E-state index in [9.17, 15) is 9.59 Å². The zero-order valence-electron chi connectivity index (χ0n) is 18.9. The Hall–Kier alpha value is -4.27. The van der Waals surface area contributed by atoms with Gasteiger partial charge in [-0.25, -0.2) is 9.59 Å². The molecule has 0 radical (unpaired) electrons. The Balaban J connectivity index is 1.87. The van der Waals surface area contributed by atoms with Crippen LogP contribution in [0.2, 0.25) is 0 Å². The van der Waals surface area contributed by atoms with Crippen LogP contribution in [0, 0.1) is 0 Å². The summed E-state index contributed by atoms with van der Waals surface area (Å²) >= 11 is 0. The molecule has 2 heterocycles. The third-order valence-electron chi connectivity index (χ3n) is 5.26. The summed E-state index contributed by atoms with van der Waals surface area (Å²) in [6, 6.07) is 16.6. The zero-order chi connectivity index (χ0) is 24.1. The lowest BCUT2D eigenvalue weighted by atomic mass is 9.82. The SMILES string of the molecule is CCOC(=O)COc1ccccc1[C@@H]1C(C(=O)OCC)=C(N)Oc2n[nH]c(-c3ccccc3)c21. The van der Waals surface area contributed by atoms with Gasteiger partial charge in [-0.15, -0.1) is 5.10 Å². The summed E-state index contributed by atoms with van der Waals surface area (Å²) in [5, 5.41) is 7.31. The maximum absolute atomic E-state index is 13.0. The maximum atomic E-state index is 13.0. The minimum atomic E-state index is -0.727. The molecule has 1 atom stereocenters. The fourth-order valence-corrected chi connectivity index (χ4v) is 3.88. The van der Waals surface area contributed by atoms with Crippen molar-refractivity contribution in [3.63, 3.8) is 0 Å². The minimum absolute atomic E-state index is 0.109. The van der Waals surface area contributed by atoms with Gasteiger partial charge in [-0.3, -0.25) is 5.10 Å². The van der Waals surface area contributed by atoms with E-state index in [4.69, 9.17) is 24.7 Å². The molecular formula is C25H25N3O6. The van der Waals surface area contributed by atoms with E-state index in [2.05, 4.69) is 10.2 Å². The molecule has 0 aliphatic carbocycles. The highest BCUT2D eigenvalue weighted by atomic mass is 16.6. The highest BCUT2D eigenvalue weighted by Gasteiger charge is 2.40. The Morgan fingerprint density at radius 3 is 2.47 bits per heavy atom. The second kappa shape index (κ2) is 10.1. The van der Waals surface area contributed by atoms with Crippen molar-refractivity contribution in [3.8, 4) is 22.9 Å². The summed E-state index contributed by atoms with van der Waals surface area (Å²) in [4.78, 5) is 25.0. The van der Waals surface area contributed by atoms with Crippen LogP contribution in [0.15, 0.2) is 66.1 Å². The number of aromatic amines is 1. The maximum Gasteiger partial charge on any atom is 0.344 e. The number of H-pyrrole nitrogens is 1. The van der Waals surface area contributed by atoms with Gasteiger partial charge in [-0.1, -0.05) is 48.5 Å². The van der Waals surface area contributed by atoms with Gasteiger partial charge in [-0.05, 0) is 25.5 Å². The summed E-state index contributed by atoms with van der Waals surface area (Å²) in [6.07, 6.45) is 0. The molecule has 0 unspecified atom stereocenters. The van der Waals surface area contributed by atoms with E-state index in [-0.39, 0.29) is 37.2 Å². The smallest absolute Gasteiger partial charge is 0.344 e. The number of nitrogens with one attached hydrogen (secondary N) is 1. The number of esters is 2. The first-order chi connectivity index (χ1) is 16.5. The van der Waals surface area contributed by atoms with Crippen LogP contribution in [0.3, 0.4) is 0 Å². The molecular weight excluding hydrogens is 438 g/mol. The zero-order valence-corrected chi connectivity index (χ0v) is 18.9. The van der Waals surface area contributed by atoms with E-state index < -0.39 is 17.9 Å². The second-order valence-electron chi connectivity index (χ2n) is 7.35. The normalized spacial score (nSPS) is 14.7. The molecule has 0 fully saturated rings. The van der Waals surface area contributed by atoms with Crippen molar-refractivity contribution in [2.75, 3.05) is 19.8 Å². The predicted molar refractivity (Wildman–Crippen MR) is 123 cm³/mol. The van der Waals surface area contributed by atoms with Crippen LogP contribution < -0.4 is 15.2 Å². The van der Waals surface area contributed by atoms with Crippen molar-refractivity contribution in [2.24, 2.45) is 5.73 Å². The number of ether oxygens (including phenoxy) is 4. The molecule has 0 amide bonds. The largest absolute Gasteiger partial charge is 0.482 e. The molecule has 3 N–H and O–H groups in total. The molecule has 34 heavy (non-hydrogen) atoms. The number of para-hydroxylation sites is 1. The second-order valence-corrected chi connectivity index (χ2v) is 7.35. The topological polar surface area (TPSA) is 126 Å². The van der Waals surface area contributed by atoms with E-state index in [0.717, 1.165) is 5.56 Å². The van der Waals surface area contributed by atoms with Gasteiger partial charge in [0.05, 0.1) is 30.4 Å². The number of benzene rings is 2. The number of nitrogens with zero attached hydrogens (tertiary/aromatic N) is 1. The molecule has 1 aromatic heterocycles. The van der Waals surface area contributed by atoms with Crippen LogP contribution in [-0.4, -0.2) is 42.0 Å². The first kappa shape index (κ1) is 22.9. The first-order valence-electron chi connectivity index (χ1n) is 10.9. The van der Waals surface area contributed by atoms with E-state index in [1.165, 1.54) is 0 Å². The lowest BCUT2D eigenvalue weighted by Gasteiger charge is -2.27. The highest BCUT2D eigenvalue weighted by molar-refractivity contribution is 5.93. The van der Waals surface area contributed by atoms with E-state index >= 15 is 0 Å². The standard InChI is InChI=1S/C25H25N3O6/c1-3-31-18(29)14-33-17-13-9-8-12-16(17)19-20-22(15-10-6-5-7-11-15)27-28-24(20)34-23(26)21(19)25(30)32-4-2/h5-13,19H,3-4,14,26H2,1-2H3,(H,27,28)/t19-/m0/s1. The molecule has 0 saturated heterocycles. The number of nitrogens with two attached hydrogens (primary N) is 1. The highest BCUT2D eigenvalue weighted by Crippen LogP contribution is 2.48. The van der Waals surface area contributed by atoms with Gasteiger partial charge in [0.2, 0.25) is 11.8 Å². The van der Waals surface area contributed by atoms with Gasteiger partial charge in [0.1, 0.15) is 11.3 Å². The fourth-order valence-electron chi connectivity index (χ4n) is 3.88. The van der Waals surface area contributed by atoms with Gasteiger partial charge in [0.15, 0.2) is 6.61 Å². The van der Waals surface area contributed by atoms with Gasteiger partial charge in [0.25, 0.3) is 0 Å². The molecule has 176 valence electrons. The van der Waals surface area contributed by atoms with Gasteiger partial charge in [-0.2, -0.15) is 0 Å². The van der Waals surface area contributed by atoms with Crippen LogP contribution >= 0.6 is 0 Å². The van der Waals surface area contributed by atoms with Crippen molar-refractivity contribution in [1.29, 1.82) is 0 Å². The molecule has 1 aliphatic heterocycles. The lowest BCUT2D eigenvalue weighted by Crippen LogP contribution is -2.28. The van der Waals surface area contributed by atoms with Gasteiger partial charge < -0.3 is 24.7 Å². The van der Waals surface area contributed by atoms with Crippen molar-refractivity contribution in [1.82, 2.24) is 10.2 Å². The Morgan fingerprint density at radius 1 is 1.03 bits per heavy atom. The Kier molecular flexibility index (Phi) is 6.82. The van der Waals surface area contributed by atoms with Crippen molar-refractivity contribution < 1.29 is 28.5 Å². The van der Waals surface area contributed by atoms with Crippen LogP contribution in [0.25, 0.3) is 11.3 Å². The van der Waals surface area contributed by atoms with Crippen LogP contribution in [0.5, 0.6) is 11.6 Å². The van der Waals surface area contributed by atoms with Crippen LogP contribution in [0.4, 0.5) is 0 Å². The lowest BCUT2D eigenvalue weighted by molar-refractivity contribution is -0.145. The molecule has 0 spiro atoms. The summed E-state index contributed by atoms with van der Waals surface area (Å²) in [7, 11) is 0.